The molecule has 2 fully saturated rings. The van der Waals surface area contributed by atoms with Crippen LogP contribution in [0.1, 0.15) is 63.9 Å². The largest absolute Gasteiger partial charge is 0.393 e. The van der Waals surface area contributed by atoms with Crippen LogP contribution in [0.5, 0.6) is 0 Å². The number of allylic oxidation sites excluding steroid dienone is 3. The molecule has 0 aliphatic heterocycles. The van der Waals surface area contributed by atoms with Gasteiger partial charge in [-0.15, -0.1) is 0 Å². The van der Waals surface area contributed by atoms with Gasteiger partial charge in [0.2, 0.25) is 0 Å². The van der Waals surface area contributed by atoms with E-state index in [1.165, 1.54) is 5.57 Å². The number of alkyl halides is 1. The molecule has 0 spiro atoms. The number of rotatable bonds is 1. The maximum absolute atomic E-state index is 16.1. The van der Waals surface area contributed by atoms with Gasteiger partial charge >= 0.3 is 0 Å². The van der Waals surface area contributed by atoms with Gasteiger partial charge in [0.25, 0.3) is 5.56 Å². The van der Waals surface area contributed by atoms with Crippen LogP contribution in [0.2, 0.25) is 0 Å². The smallest absolute Gasteiger partial charge is 0.255 e. The summed E-state index contributed by atoms with van der Waals surface area (Å²) in [6.07, 6.45) is 10.0. The third-order valence-electron chi connectivity index (χ3n) is 9.44. The quantitative estimate of drug-likeness (QED) is 0.533. The lowest BCUT2D eigenvalue weighted by Crippen LogP contribution is -2.49. The SMILES string of the molecule is CC12CC=C3CC4(F)CC(O)CCC4CC[C@]3(O)C1CC=C2c1ccc2c(=O)[nH]ccc2c1. The highest BCUT2D eigenvalue weighted by molar-refractivity contribution is 5.87. The van der Waals surface area contributed by atoms with E-state index < -0.39 is 17.4 Å². The van der Waals surface area contributed by atoms with E-state index in [2.05, 4.69) is 30.1 Å². The van der Waals surface area contributed by atoms with E-state index in [4.69, 9.17) is 0 Å². The van der Waals surface area contributed by atoms with Gasteiger partial charge in [0, 0.05) is 35.8 Å². The molecule has 1 heterocycles. The van der Waals surface area contributed by atoms with Crippen molar-refractivity contribution in [2.45, 2.75) is 75.7 Å². The Labute approximate surface area is 193 Å². The molecule has 3 N–H and O–H groups in total. The molecule has 0 bridgehead atoms. The molecule has 0 radical (unpaired) electrons. The van der Waals surface area contributed by atoms with Crippen molar-refractivity contribution in [3.8, 4) is 0 Å². The van der Waals surface area contributed by atoms with E-state index in [9.17, 15) is 15.0 Å². The third kappa shape index (κ3) is 3.05. The molecule has 0 saturated heterocycles. The van der Waals surface area contributed by atoms with Gasteiger partial charge in [-0.25, -0.2) is 4.39 Å². The Bertz CT molecular complexity index is 1250. The average molecular weight is 450 g/mol. The molecule has 6 atom stereocenters. The number of benzene rings is 1. The summed E-state index contributed by atoms with van der Waals surface area (Å²) >= 11 is 0. The number of nitrogens with one attached hydrogen (secondary N) is 1. The Morgan fingerprint density at radius 3 is 2.85 bits per heavy atom. The summed E-state index contributed by atoms with van der Waals surface area (Å²) in [5.74, 6) is -0.0846. The summed E-state index contributed by atoms with van der Waals surface area (Å²) in [6.45, 7) is 2.23. The standard InChI is InChI=1S/C28H32FNO3/c1-26-11-8-20-15-27(29)16-21(31)4-3-19(27)9-12-28(20,33)24(26)7-6-23(26)18-2-5-22-17(14-18)10-13-30-25(22)32/h2,5-6,8,10,13-14,19,21,24,31,33H,3-4,7,9,11-12,15-16H2,1H3,(H,30,32)/t19?,21?,24?,26?,27?,28-/m1/s1. The van der Waals surface area contributed by atoms with E-state index in [0.29, 0.717) is 31.1 Å². The van der Waals surface area contributed by atoms with Crippen LogP contribution in [0.4, 0.5) is 4.39 Å². The summed E-state index contributed by atoms with van der Waals surface area (Å²) in [4.78, 5) is 14.9. The lowest BCUT2D eigenvalue weighted by molar-refractivity contribution is -0.0359. The average Bonchev–Trinajstić information content (AvgIpc) is 3.08. The van der Waals surface area contributed by atoms with Gasteiger partial charge in [-0.3, -0.25) is 4.79 Å². The monoisotopic (exact) mass is 449 g/mol. The Morgan fingerprint density at radius 2 is 2.00 bits per heavy atom. The second-order valence-corrected chi connectivity index (χ2v) is 11.2. The topological polar surface area (TPSA) is 73.3 Å². The van der Waals surface area contributed by atoms with Crippen molar-refractivity contribution in [3.63, 3.8) is 0 Å². The second-order valence-electron chi connectivity index (χ2n) is 11.2. The molecule has 1 aromatic carbocycles. The number of hydrogen-bond donors (Lipinski definition) is 3. The first kappa shape index (κ1) is 21.3. The van der Waals surface area contributed by atoms with Crippen LogP contribution >= 0.6 is 0 Å². The lowest BCUT2D eigenvalue weighted by Gasteiger charge is -2.49. The molecule has 5 heteroatoms. The van der Waals surface area contributed by atoms with Gasteiger partial charge in [-0.1, -0.05) is 25.1 Å². The normalized spacial score (nSPS) is 40.3. The number of hydrogen-bond acceptors (Lipinski definition) is 3. The van der Waals surface area contributed by atoms with Crippen molar-refractivity contribution < 1.29 is 14.6 Å². The first-order chi connectivity index (χ1) is 15.7. The van der Waals surface area contributed by atoms with Crippen LogP contribution in [0.25, 0.3) is 16.3 Å². The number of aromatic amines is 1. The minimum absolute atomic E-state index is 0.00329. The molecule has 4 nitrogen and oxygen atoms in total. The summed E-state index contributed by atoms with van der Waals surface area (Å²) in [5.41, 5.74) is 0.391. The number of aromatic nitrogens is 1. The number of fused-ring (bicyclic) bond motifs is 5. The zero-order valence-electron chi connectivity index (χ0n) is 19.1. The summed E-state index contributed by atoms with van der Waals surface area (Å²) in [5, 5.41) is 23.9. The first-order valence-corrected chi connectivity index (χ1v) is 12.3. The molecule has 4 aliphatic carbocycles. The molecular formula is C28H32FNO3. The molecule has 5 unspecified atom stereocenters. The van der Waals surface area contributed by atoms with E-state index in [1.54, 1.807) is 6.20 Å². The van der Waals surface area contributed by atoms with Crippen molar-refractivity contribution in [1.82, 2.24) is 4.98 Å². The zero-order chi connectivity index (χ0) is 23.0. The van der Waals surface area contributed by atoms with Crippen molar-refractivity contribution in [2.24, 2.45) is 17.3 Å². The predicted molar refractivity (Wildman–Crippen MR) is 127 cm³/mol. The van der Waals surface area contributed by atoms with Crippen molar-refractivity contribution >= 4 is 16.3 Å². The van der Waals surface area contributed by atoms with E-state index in [1.807, 2.05) is 18.2 Å². The van der Waals surface area contributed by atoms with Gasteiger partial charge in [-0.05, 0) is 84.7 Å². The van der Waals surface area contributed by atoms with E-state index >= 15 is 4.39 Å². The fourth-order valence-electron chi connectivity index (χ4n) is 7.64. The van der Waals surface area contributed by atoms with E-state index in [-0.39, 0.29) is 35.7 Å². The molecular weight excluding hydrogens is 417 g/mol. The number of H-pyrrole nitrogens is 1. The van der Waals surface area contributed by atoms with E-state index in [0.717, 1.165) is 29.4 Å². The summed E-state index contributed by atoms with van der Waals surface area (Å²) in [7, 11) is 0. The maximum atomic E-state index is 16.1. The Kier molecular flexibility index (Phi) is 4.60. The molecule has 2 saturated carbocycles. The Morgan fingerprint density at radius 1 is 1.15 bits per heavy atom. The highest BCUT2D eigenvalue weighted by Gasteiger charge is 2.59. The fourth-order valence-corrected chi connectivity index (χ4v) is 7.64. The first-order valence-electron chi connectivity index (χ1n) is 12.3. The highest BCUT2D eigenvalue weighted by atomic mass is 19.1. The lowest BCUT2D eigenvalue weighted by atomic mass is 9.58. The number of aliphatic hydroxyl groups excluding tert-OH is 1. The van der Waals surface area contributed by atoms with Crippen LogP contribution in [-0.2, 0) is 0 Å². The Balaban J connectivity index is 1.37. The van der Waals surface area contributed by atoms with Crippen LogP contribution < -0.4 is 5.56 Å². The fraction of sp³-hybridized carbons (Fsp3) is 0.536. The van der Waals surface area contributed by atoms with Crippen LogP contribution in [0.15, 0.2) is 53.0 Å². The van der Waals surface area contributed by atoms with Crippen molar-refractivity contribution in [1.29, 1.82) is 0 Å². The maximum Gasteiger partial charge on any atom is 0.255 e. The third-order valence-corrected chi connectivity index (χ3v) is 9.44. The minimum atomic E-state index is -1.41. The van der Waals surface area contributed by atoms with Gasteiger partial charge in [0.1, 0.15) is 5.67 Å². The Hall–Kier alpha value is -2.24. The predicted octanol–water partition coefficient (Wildman–Crippen LogP) is 5.05. The number of pyridine rings is 1. The van der Waals surface area contributed by atoms with Crippen LogP contribution in [-0.4, -0.2) is 32.6 Å². The van der Waals surface area contributed by atoms with Crippen LogP contribution in [0.3, 0.4) is 0 Å². The zero-order valence-corrected chi connectivity index (χ0v) is 19.1. The molecule has 4 aliphatic rings. The molecule has 0 amide bonds. The highest BCUT2D eigenvalue weighted by Crippen LogP contribution is 2.63. The second kappa shape index (κ2) is 7.13. The molecule has 6 rings (SSSR count). The molecule has 1 aromatic heterocycles. The van der Waals surface area contributed by atoms with Crippen molar-refractivity contribution in [3.05, 3.63) is 64.1 Å². The van der Waals surface area contributed by atoms with Gasteiger partial charge in [-0.2, -0.15) is 0 Å². The minimum Gasteiger partial charge on any atom is -0.393 e. The van der Waals surface area contributed by atoms with Crippen LogP contribution in [0, 0.1) is 17.3 Å². The molecule has 33 heavy (non-hydrogen) atoms. The molecule has 2 aromatic rings. The number of aliphatic hydroxyl groups is 2. The summed E-state index contributed by atoms with van der Waals surface area (Å²) < 4.78 is 16.1. The van der Waals surface area contributed by atoms with Gasteiger partial charge in [0.15, 0.2) is 0 Å². The van der Waals surface area contributed by atoms with Gasteiger partial charge < -0.3 is 15.2 Å². The number of halogens is 1. The van der Waals surface area contributed by atoms with Crippen molar-refractivity contribution in [2.75, 3.05) is 0 Å². The summed E-state index contributed by atoms with van der Waals surface area (Å²) in [6, 6.07) is 7.89. The molecule has 174 valence electrons. The van der Waals surface area contributed by atoms with Gasteiger partial charge in [0.05, 0.1) is 11.7 Å².